The molecule has 0 aromatic heterocycles. The first kappa shape index (κ1) is 22.0. The minimum Gasteiger partial charge on any atom is -0.508 e. The number of urea groups is 1. The van der Waals surface area contributed by atoms with Crippen molar-refractivity contribution >= 4 is 35.3 Å². The molecule has 3 atom stereocenters. The molecule has 168 valence electrons. The van der Waals surface area contributed by atoms with Crippen LogP contribution in [0.5, 0.6) is 5.75 Å². The second-order valence-electron chi connectivity index (χ2n) is 8.03. The van der Waals surface area contributed by atoms with Crippen molar-refractivity contribution in [2.24, 2.45) is 0 Å². The maximum absolute atomic E-state index is 13.0. The van der Waals surface area contributed by atoms with E-state index in [0.717, 1.165) is 10.5 Å². The topological polar surface area (TPSA) is 111 Å². The number of nitrogens with zero attached hydrogens (tertiary/aromatic N) is 1. The van der Waals surface area contributed by atoms with E-state index in [1.54, 1.807) is 40.9 Å². The first-order valence-corrected chi connectivity index (χ1v) is 11.8. The predicted octanol–water partition coefficient (Wildman–Crippen LogP) is 2.34. The zero-order chi connectivity index (χ0) is 22.7. The van der Waals surface area contributed by atoms with Gasteiger partial charge >= 0.3 is 6.03 Å². The Morgan fingerprint density at radius 2 is 2.00 bits per heavy atom. The number of amides is 4. The third-order valence-corrected chi connectivity index (χ3v) is 6.57. The molecule has 0 spiro atoms. The van der Waals surface area contributed by atoms with Crippen LogP contribution >= 0.6 is 11.8 Å². The molecule has 32 heavy (non-hydrogen) atoms. The number of aromatic hydroxyl groups is 1. The number of rotatable bonds is 5. The molecule has 0 unspecified atom stereocenters. The van der Waals surface area contributed by atoms with Gasteiger partial charge in [-0.1, -0.05) is 18.2 Å². The number of benzene rings is 2. The van der Waals surface area contributed by atoms with Gasteiger partial charge in [0.05, 0.1) is 0 Å². The van der Waals surface area contributed by atoms with Crippen molar-refractivity contribution in [1.82, 2.24) is 15.5 Å². The van der Waals surface area contributed by atoms with E-state index in [1.165, 1.54) is 0 Å². The standard InChI is InChI=1S/C23H26N4O4S/c1-32-18-4-2-3-15(12-18)24-23(31)25-16-9-10-27-20(13-16)21(29)26-19(22(27)30)11-14-5-7-17(28)8-6-14/h2-8,12,16,19-20,28H,9-11,13H2,1H3,(H,26,29)(H2,24,25,31)/t16-,19-,20+/m1/s1. The van der Waals surface area contributed by atoms with E-state index in [0.29, 0.717) is 31.5 Å². The molecule has 2 aromatic rings. The second-order valence-corrected chi connectivity index (χ2v) is 8.91. The summed E-state index contributed by atoms with van der Waals surface area (Å²) in [5, 5.41) is 18.0. The maximum atomic E-state index is 13.0. The van der Waals surface area contributed by atoms with Crippen molar-refractivity contribution in [2.75, 3.05) is 18.1 Å². The van der Waals surface area contributed by atoms with Crippen LogP contribution < -0.4 is 16.0 Å². The average molecular weight is 455 g/mol. The zero-order valence-electron chi connectivity index (χ0n) is 17.7. The van der Waals surface area contributed by atoms with E-state index in [1.807, 2.05) is 30.5 Å². The van der Waals surface area contributed by atoms with Crippen molar-refractivity contribution in [3.8, 4) is 5.75 Å². The van der Waals surface area contributed by atoms with Gasteiger partial charge in [-0.15, -0.1) is 11.8 Å². The van der Waals surface area contributed by atoms with Crippen LogP contribution in [0.3, 0.4) is 0 Å². The number of piperazine rings is 1. The van der Waals surface area contributed by atoms with Crippen LogP contribution in [0.2, 0.25) is 0 Å². The van der Waals surface area contributed by atoms with Gasteiger partial charge in [0.25, 0.3) is 0 Å². The Labute approximate surface area is 190 Å². The van der Waals surface area contributed by atoms with E-state index in [9.17, 15) is 19.5 Å². The lowest BCUT2D eigenvalue weighted by Gasteiger charge is -2.44. The molecule has 9 heteroatoms. The number of carbonyl (C=O) groups is 3. The molecule has 4 rings (SSSR count). The number of anilines is 1. The average Bonchev–Trinajstić information content (AvgIpc) is 2.79. The Balaban J connectivity index is 1.34. The SMILES string of the molecule is CSc1cccc(NC(=O)N[C@@H]2CCN3C(=O)[C@@H](Cc4ccc(O)cc4)NC(=O)[C@@H]3C2)c1. The van der Waals surface area contributed by atoms with Crippen molar-refractivity contribution in [2.45, 2.75) is 42.3 Å². The minimum absolute atomic E-state index is 0.112. The number of hydrogen-bond acceptors (Lipinski definition) is 5. The van der Waals surface area contributed by atoms with Crippen LogP contribution in [0, 0.1) is 0 Å². The monoisotopic (exact) mass is 454 g/mol. The number of fused-ring (bicyclic) bond motifs is 1. The van der Waals surface area contributed by atoms with Gasteiger partial charge in [-0.3, -0.25) is 9.59 Å². The molecule has 4 amide bonds. The van der Waals surface area contributed by atoms with E-state index in [2.05, 4.69) is 16.0 Å². The lowest BCUT2D eigenvalue weighted by atomic mass is 9.91. The van der Waals surface area contributed by atoms with Crippen molar-refractivity contribution < 1.29 is 19.5 Å². The zero-order valence-corrected chi connectivity index (χ0v) is 18.5. The van der Waals surface area contributed by atoms with Crippen LogP contribution in [-0.4, -0.2) is 58.8 Å². The van der Waals surface area contributed by atoms with Gasteiger partial charge < -0.3 is 26.0 Å². The van der Waals surface area contributed by atoms with E-state index < -0.39 is 12.1 Å². The highest BCUT2D eigenvalue weighted by Crippen LogP contribution is 2.24. The number of thioether (sulfide) groups is 1. The van der Waals surface area contributed by atoms with Gasteiger partial charge in [0.2, 0.25) is 11.8 Å². The van der Waals surface area contributed by atoms with Gasteiger partial charge in [0, 0.05) is 29.6 Å². The largest absolute Gasteiger partial charge is 0.508 e. The summed E-state index contributed by atoms with van der Waals surface area (Å²) in [6.07, 6.45) is 3.30. The normalized spacial score (nSPS) is 22.7. The highest BCUT2D eigenvalue weighted by atomic mass is 32.2. The number of carbonyl (C=O) groups excluding carboxylic acids is 3. The highest BCUT2D eigenvalue weighted by molar-refractivity contribution is 7.98. The Kier molecular flexibility index (Phi) is 6.55. The fourth-order valence-corrected chi connectivity index (χ4v) is 4.66. The molecule has 0 aliphatic carbocycles. The molecule has 0 radical (unpaired) electrons. The maximum Gasteiger partial charge on any atom is 0.319 e. The third kappa shape index (κ3) is 4.99. The van der Waals surface area contributed by atoms with Crippen LogP contribution in [-0.2, 0) is 16.0 Å². The Morgan fingerprint density at radius 3 is 2.75 bits per heavy atom. The van der Waals surface area contributed by atoms with Crippen LogP contribution in [0.1, 0.15) is 18.4 Å². The van der Waals surface area contributed by atoms with Gasteiger partial charge in [-0.2, -0.15) is 0 Å². The highest BCUT2D eigenvalue weighted by Gasteiger charge is 2.44. The molecule has 0 bridgehead atoms. The summed E-state index contributed by atoms with van der Waals surface area (Å²) in [5.41, 5.74) is 1.56. The second kappa shape index (κ2) is 9.52. The van der Waals surface area contributed by atoms with Gasteiger partial charge in [-0.05, 0) is 55.0 Å². The first-order valence-electron chi connectivity index (χ1n) is 10.5. The van der Waals surface area contributed by atoms with Crippen LogP contribution in [0.25, 0.3) is 0 Å². The summed E-state index contributed by atoms with van der Waals surface area (Å²) in [5.74, 6) is -0.157. The Morgan fingerprint density at radius 1 is 1.22 bits per heavy atom. The lowest BCUT2D eigenvalue weighted by molar-refractivity contribution is -0.151. The molecule has 0 saturated carbocycles. The molecule has 2 heterocycles. The summed E-state index contributed by atoms with van der Waals surface area (Å²) in [6.45, 7) is 0.413. The molecular formula is C23H26N4O4S. The van der Waals surface area contributed by atoms with E-state index >= 15 is 0 Å². The van der Waals surface area contributed by atoms with Crippen LogP contribution in [0.4, 0.5) is 10.5 Å². The quantitative estimate of drug-likeness (QED) is 0.519. The number of phenols is 1. The Hall–Kier alpha value is -3.20. The summed E-state index contributed by atoms with van der Waals surface area (Å²) in [7, 11) is 0. The molecule has 2 fully saturated rings. The smallest absolute Gasteiger partial charge is 0.319 e. The summed E-state index contributed by atoms with van der Waals surface area (Å²) < 4.78 is 0. The molecule has 2 aliphatic heterocycles. The fraction of sp³-hybridized carbons (Fsp3) is 0.348. The lowest BCUT2D eigenvalue weighted by Crippen LogP contribution is -2.67. The summed E-state index contributed by atoms with van der Waals surface area (Å²) in [6, 6.07) is 12.4. The fourth-order valence-electron chi connectivity index (χ4n) is 4.20. The van der Waals surface area contributed by atoms with E-state index in [-0.39, 0.29) is 29.6 Å². The van der Waals surface area contributed by atoms with Crippen molar-refractivity contribution in [3.63, 3.8) is 0 Å². The number of phenolic OH excluding ortho intramolecular Hbond substituents is 1. The summed E-state index contributed by atoms with van der Waals surface area (Å²) in [4.78, 5) is 40.8. The third-order valence-electron chi connectivity index (χ3n) is 5.84. The number of piperidine rings is 1. The first-order chi connectivity index (χ1) is 15.4. The molecule has 4 N–H and O–H groups in total. The number of hydrogen-bond donors (Lipinski definition) is 4. The Bertz CT molecular complexity index is 1010. The molecular weight excluding hydrogens is 428 g/mol. The van der Waals surface area contributed by atoms with Gasteiger partial charge in [0.1, 0.15) is 17.8 Å². The molecule has 2 aromatic carbocycles. The molecule has 2 aliphatic rings. The predicted molar refractivity (Wildman–Crippen MR) is 123 cm³/mol. The van der Waals surface area contributed by atoms with Gasteiger partial charge in [-0.25, -0.2) is 4.79 Å². The summed E-state index contributed by atoms with van der Waals surface area (Å²) >= 11 is 1.59. The van der Waals surface area contributed by atoms with Crippen molar-refractivity contribution in [3.05, 3.63) is 54.1 Å². The van der Waals surface area contributed by atoms with Crippen molar-refractivity contribution in [1.29, 1.82) is 0 Å². The molecule has 2 saturated heterocycles. The number of nitrogens with one attached hydrogen (secondary N) is 3. The minimum atomic E-state index is -0.625. The van der Waals surface area contributed by atoms with Crippen LogP contribution in [0.15, 0.2) is 53.4 Å². The van der Waals surface area contributed by atoms with E-state index in [4.69, 9.17) is 0 Å². The van der Waals surface area contributed by atoms with Gasteiger partial charge in [0.15, 0.2) is 0 Å². The molecule has 8 nitrogen and oxygen atoms in total.